The summed E-state index contributed by atoms with van der Waals surface area (Å²) >= 11 is 6.11. The lowest BCUT2D eigenvalue weighted by Gasteiger charge is -2.10. The molecule has 14 heteroatoms. The number of rotatable bonds is 4. The minimum absolute atomic E-state index is 0.0925. The summed E-state index contributed by atoms with van der Waals surface area (Å²) in [6.07, 6.45) is 0.984. The first-order valence-electron chi connectivity index (χ1n) is 9.38. The van der Waals surface area contributed by atoms with Gasteiger partial charge in [0.25, 0.3) is 11.1 Å². The summed E-state index contributed by atoms with van der Waals surface area (Å²) in [6, 6.07) is 6.26. The van der Waals surface area contributed by atoms with Crippen LogP contribution in [0.5, 0.6) is 5.88 Å². The van der Waals surface area contributed by atoms with Crippen LogP contribution in [0, 0.1) is 0 Å². The van der Waals surface area contributed by atoms with Gasteiger partial charge in [0.05, 0.1) is 16.9 Å². The molecule has 0 atom stereocenters. The second kappa shape index (κ2) is 7.94. The van der Waals surface area contributed by atoms with Gasteiger partial charge in [-0.05, 0) is 12.1 Å². The first-order chi connectivity index (χ1) is 15.6. The Balaban J connectivity index is 1.78. The highest BCUT2D eigenvalue weighted by molar-refractivity contribution is 6.32. The molecule has 4 rings (SSSR count). The molecule has 1 aromatic carbocycles. The lowest BCUT2D eigenvalue weighted by atomic mass is 10.3. The predicted octanol–water partition coefficient (Wildman–Crippen LogP) is -0.385. The highest BCUT2D eigenvalue weighted by Crippen LogP contribution is 2.22. The third-order valence-corrected chi connectivity index (χ3v) is 5.37. The normalized spacial score (nSPS) is 11.5. The molecule has 0 bridgehead atoms. The molecule has 0 unspecified atom stereocenters. The maximum absolute atomic E-state index is 12.5. The number of aromatic nitrogens is 6. The number of hydrogen-bond donors (Lipinski definition) is 3. The molecule has 3 aromatic heterocycles. The highest BCUT2D eigenvalue weighted by atomic mass is 35.5. The van der Waals surface area contributed by atoms with Gasteiger partial charge in [0.15, 0.2) is 11.2 Å². The van der Waals surface area contributed by atoms with Crippen LogP contribution in [-0.4, -0.2) is 39.6 Å². The summed E-state index contributed by atoms with van der Waals surface area (Å²) in [5.41, 5.74) is -0.164. The molecule has 4 aromatic rings. The Bertz CT molecular complexity index is 1690. The summed E-state index contributed by atoms with van der Waals surface area (Å²) in [7, 11) is 4.37. The largest absolute Gasteiger partial charge is 0.493 e. The van der Waals surface area contributed by atoms with E-state index < -0.39 is 28.4 Å². The number of aromatic hydroxyl groups is 1. The summed E-state index contributed by atoms with van der Waals surface area (Å²) in [4.78, 5) is 55.4. The van der Waals surface area contributed by atoms with E-state index in [0.717, 1.165) is 15.3 Å². The fraction of sp³-hybridized carbons (Fsp3) is 0.158. The molecule has 0 aliphatic heterocycles. The average molecular weight is 473 g/mol. The van der Waals surface area contributed by atoms with Gasteiger partial charge in [-0.3, -0.25) is 23.7 Å². The first kappa shape index (κ1) is 21.8. The van der Waals surface area contributed by atoms with Gasteiger partial charge in [-0.2, -0.15) is 10.1 Å². The van der Waals surface area contributed by atoms with Gasteiger partial charge < -0.3 is 9.67 Å². The molecule has 13 nitrogen and oxygen atoms in total. The molecule has 0 amide bonds. The van der Waals surface area contributed by atoms with Crippen molar-refractivity contribution in [1.29, 1.82) is 0 Å². The molecule has 0 saturated heterocycles. The number of nitrogens with one attached hydrogen (secondary N) is 2. The Hall–Kier alpha value is -4.39. The van der Waals surface area contributed by atoms with Gasteiger partial charge in [0.1, 0.15) is 5.56 Å². The van der Waals surface area contributed by atoms with E-state index in [1.165, 1.54) is 35.4 Å². The van der Waals surface area contributed by atoms with Crippen molar-refractivity contribution < 1.29 is 5.11 Å². The van der Waals surface area contributed by atoms with Crippen molar-refractivity contribution in [1.82, 2.24) is 28.2 Å². The van der Waals surface area contributed by atoms with Crippen LogP contribution in [-0.2, 0) is 21.1 Å². The standard InChI is InChI=1S/C19H17ClN8O5/c1-25-12-13(26(2)19(33)27(3)16(12)31)22-17(25)24-21-8-9-14(29)23-18(32)28(15(9)30)11-7-5-4-6-10(11)20/h4-8,30H,1-3H3,(H,22,24)(H,23,29,32)/b21-8+. The maximum atomic E-state index is 12.5. The number of nitrogens with zero attached hydrogens (tertiary/aromatic N) is 6. The number of aryl methyl sites for hydroxylation is 2. The zero-order chi connectivity index (χ0) is 24.0. The van der Waals surface area contributed by atoms with Crippen molar-refractivity contribution in [3.63, 3.8) is 0 Å². The molecule has 0 fully saturated rings. The summed E-state index contributed by atoms with van der Waals surface area (Å²) in [6.45, 7) is 0. The van der Waals surface area contributed by atoms with Crippen LogP contribution >= 0.6 is 11.6 Å². The number of fused-ring (bicyclic) bond motifs is 1. The summed E-state index contributed by atoms with van der Waals surface area (Å²) in [5, 5.41) is 14.7. The lowest BCUT2D eigenvalue weighted by Crippen LogP contribution is -2.37. The Morgan fingerprint density at radius 2 is 1.79 bits per heavy atom. The molecule has 0 radical (unpaired) electrons. The topological polar surface area (TPSA) is 161 Å². The van der Waals surface area contributed by atoms with Crippen LogP contribution < -0.4 is 27.9 Å². The van der Waals surface area contributed by atoms with Gasteiger partial charge >= 0.3 is 11.4 Å². The van der Waals surface area contributed by atoms with Crippen molar-refractivity contribution in [3.05, 3.63) is 76.5 Å². The van der Waals surface area contributed by atoms with Gasteiger partial charge in [-0.25, -0.2) is 19.6 Å². The van der Waals surface area contributed by atoms with Crippen LogP contribution in [0.25, 0.3) is 16.9 Å². The van der Waals surface area contributed by atoms with Crippen molar-refractivity contribution in [2.24, 2.45) is 26.2 Å². The predicted molar refractivity (Wildman–Crippen MR) is 122 cm³/mol. The quantitative estimate of drug-likeness (QED) is 0.269. The van der Waals surface area contributed by atoms with E-state index in [-0.39, 0.29) is 33.4 Å². The van der Waals surface area contributed by atoms with E-state index in [2.05, 4.69) is 20.5 Å². The zero-order valence-electron chi connectivity index (χ0n) is 17.5. The first-order valence-corrected chi connectivity index (χ1v) is 9.76. The molecule has 0 spiro atoms. The minimum Gasteiger partial charge on any atom is -0.493 e. The van der Waals surface area contributed by atoms with E-state index in [0.29, 0.717) is 0 Å². The smallest absolute Gasteiger partial charge is 0.335 e. The van der Waals surface area contributed by atoms with Crippen LogP contribution in [0.3, 0.4) is 0 Å². The van der Waals surface area contributed by atoms with Gasteiger partial charge in [0, 0.05) is 21.1 Å². The number of hydrogen-bond acceptors (Lipinski definition) is 8. The van der Waals surface area contributed by atoms with Crippen molar-refractivity contribution in [2.75, 3.05) is 5.43 Å². The zero-order valence-corrected chi connectivity index (χ0v) is 18.3. The molecular weight excluding hydrogens is 456 g/mol. The van der Waals surface area contributed by atoms with Gasteiger partial charge in [-0.15, -0.1) is 0 Å². The molecule has 0 saturated carbocycles. The maximum Gasteiger partial charge on any atom is 0.335 e. The Morgan fingerprint density at radius 3 is 2.48 bits per heavy atom. The second-order valence-corrected chi connectivity index (χ2v) is 7.43. The van der Waals surface area contributed by atoms with Gasteiger partial charge in [-0.1, -0.05) is 23.7 Å². The van der Waals surface area contributed by atoms with E-state index in [4.69, 9.17) is 11.6 Å². The highest BCUT2D eigenvalue weighted by Gasteiger charge is 2.18. The van der Waals surface area contributed by atoms with Crippen LogP contribution in [0.1, 0.15) is 5.56 Å². The number of halogens is 1. The lowest BCUT2D eigenvalue weighted by molar-refractivity contribution is 0.430. The van der Waals surface area contributed by atoms with Crippen LogP contribution in [0.2, 0.25) is 5.02 Å². The van der Waals surface area contributed by atoms with Crippen molar-refractivity contribution in [3.8, 4) is 11.6 Å². The Labute approximate surface area is 188 Å². The Morgan fingerprint density at radius 1 is 1.09 bits per heavy atom. The van der Waals surface area contributed by atoms with E-state index in [9.17, 15) is 24.3 Å². The average Bonchev–Trinajstić information content (AvgIpc) is 3.10. The Kier molecular flexibility index (Phi) is 5.25. The number of aromatic amines is 1. The SMILES string of the molecule is Cn1c(=O)c2c(nc(N/N=C/c3c(O)n(-c4ccccc4Cl)c(=O)[nH]c3=O)n2C)n(C)c1=O. The van der Waals surface area contributed by atoms with Crippen molar-refractivity contribution >= 4 is 34.9 Å². The van der Waals surface area contributed by atoms with Crippen LogP contribution in [0.15, 0.2) is 48.5 Å². The molecule has 33 heavy (non-hydrogen) atoms. The molecular formula is C19H17ClN8O5. The number of benzene rings is 1. The molecule has 170 valence electrons. The molecule has 3 N–H and O–H groups in total. The van der Waals surface area contributed by atoms with E-state index in [1.54, 1.807) is 19.2 Å². The summed E-state index contributed by atoms with van der Waals surface area (Å²) in [5.74, 6) is -0.585. The fourth-order valence-corrected chi connectivity index (χ4v) is 3.50. The van der Waals surface area contributed by atoms with E-state index >= 15 is 0 Å². The third-order valence-electron chi connectivity index (χ3n) is 5.05. The van der Waals surface area contributed by atoms with Crippen molar-refractivity contribution in [2.45, 2.75) is 0 Å². The molecule has 3 heterocycles. The number of anilines is 1. The number of H-pyrrole nitrogens is 1. The number of imidazole rings is 1. The monoisotopic (exact) mass is 472 g/mol. The van der Waals surface area contributed by atoms with Gasteiger partial charge in [0.2, 0.25) is 11.8 Å². The minimum atomic E-state index is -0.886. The number of para-hydroxylation sites is 1. The molecule has 0 aliphatic rings. The fourth-order valence-electron chi connectivity index (χ4n) is 3.28. The number of hydrazone groups is 1. The third kappa shape index (κ3) is 3.43. The second-order valence-electron chi connectivity index (χ2n) is 7.03. The van der Waals surface area contributed by atoms with Crippen LogP contribution in [0.4, 0.5) is 5.95 Å². The molecule has 0 aliphatic carbocycles. The summed E-state index contributed by atoms with van der Waals surface area (Å²) < 4.78 is 4.39. The van der Waals surface area contributed by atoms with E-state index in [1.807, 2.05) is 0 Å².